The molecule has 1 fully saturated rings. The first kappa shape index (κ1) is 10.1. The minimum atomic E-state index is 0.428. The third kappa shape index (κ3) is 2.15. The Hall–Kier alpha value is -0.410. The van der Waals surface area contributed by atoms with E-state index in [0.717, 1.165) is 19.3 Å². The first-order valence-corrected chi connectivity index (χ1v) is 6.23. The second-order valence-corrected chi connectivity index (χ2v) is 5.59. The standard InChI is InChI=1S/C11H18N2S/c1-7(2)3-10-6-14-11(13-10)8-4-9(12)5-8/h6-9H,3-5,12H2,1-2H3. The molecule has 1 saturated carbocycles. The molecule has 0 saturated heterocycles. The van der Waals surface area contributed by atoms with Crippen LogP contribution in [-0.4, -0.2) is 11.0 Å². The zero-order valence-corrected chi connectivity index (χ0v) is 9.68. The SMILES string of the molecule is CC(C)Cc1csc(C2CC(N)C2)n1. The highest BCUT2D eigenvalue weighted by molar-refractivity contribution is 7.09. The van der Waals surface area contributed by atoms with Crippen LogP contribution in [0, 0.1) is 5.92 Å². The molecular weight excluding hydrogens is 192 g/mol. The Balaban J connectivity index is 1.96. The zero-order valence-electron chi connectivity index (χ0n) is 8.86. The van der Waals surface area contributed by atoms with Crippen molar-refractivity contribution in [1.29, 1.82) is 0 Å². The van der Waals surface area contributed by atoms with E-state index in [0.29, 0.717) is 17.9 Å². The highest BCUT2D eigenvalue weighted by Gasteiger charge is 2.29. The highest BCUT2D eigenvalue weighted by Crippen LogP contribution is 2.37. The van der Waals surface area contributed by atoms with Gasteiger partial charge in [-0.25, -0.2) is 4.98 Å². The molecule has 0 radical (unpaired) electrons. The Bertz CT molecular complexity index is 300. The average Bonchev–Trinajstić information content (AvgIpc) is 2.46. The fraction of sp³-hybridized carbons (Fsp3) is 0.727. The van der Waals surface area contributed by atoms with Crippen molar-refractivity contribution in [3.8, 4) is 0 Å². The summed E-state index contributed by atoms with van der Waals surface area (Å²) >= 11 is 1.81. The normalized spacial score (nSPS) is 26.6. The van der Waals surface area contributed by atoms with E-state index in [9.17, 15) is 0 Å². The van der Waals surface area contributed by atoms with Crippen molar-refractivity contribution in [1.82, 2.24) is 4.98 Å². The van der Waals surface area contributed by atoms with Crippen LogP contribution in [0.15, 0.2) is 5.38 Å². The van der Waals surface area contributed by atoms with Crippen LogP contribution in [0.5, 0.6) is 0 Å². The van der Waals surface area contributed by atoms with Crippen LogP contribution in [0.3, 0.4) is 0 Å². The van der Waals surface area contributed by atoms with E-state index in [1.165, 1.54) is 10.7 Å². The Kier molecular flexibility index (Phi) is 2.88. The monoisotopic (exact) mass is 210 g/mol. The van der Waals surface area contributed by atoms with E-state index in [1.807, 2.05) is 11.3 Å². The second kappa shape index (κ2) is 3.99. The van der Waals surface area contributed by atoms with Crippen LogP contribution in [-0.2, 0) is 6.42 Å². The molecule has 2 nitrogen and oxygen atoms in total. The van der Waals surface area contributed by atoms with Gasteiger partial charge in [0.1, 0.15) is 0 Å². The molecule has 0 amide bonds. The molecular formula is C11H18N2S. The summed E-state index contributed by atoms with van der Waals surface area (Å²) < 4.78 is 0. The summed E-state index contributed by atoms with van der Waals surface area (Å²) in [4.78, 5) is 4.67. The van der Waals surface area contributed by atoms with Gasteiger partial charge < -0.3 is 5.73 Å². The number of thiazole rings is 1. The molecule has 2 rings (SSSR count). The maximum absolute atomic E-state index is 5.77. The predicted molar refractivity (Wildman–Crippen MR) is 60.6 cm³/mol. The smallest absolute Gasteiger partial charge is 0.0960 e. The lowest BCUT2D eigenvalue weighted by molar-refractivity contribution is 0.350. The summed E-state index contributed by atoms with van der Waals surface area (Å²) in [6.45, 7) is 4.47. The number of hydrogen-bond acceptors (Lipinski definition) is 3. The maximum atomic E-state index is 5.77. The first-order valence-electron chi connectivity index (χ1n) is 5.35. The van der Waals surface area contributed by atoms with Crippen molar-refractivity contribution in [2.24, 2.45) is 11.7 Å². The van der Waals surface area contributed by atoms with Crippen molar-refractivity contribution in [2.45, 2.75) is 45.1 Å². The molecule has 1 aromatic rings. The van der Waals surface area contributed by atoms with Gasteiger partial charge in [-0.2, -0.15) is 0 Å². The summed E-state index contributed by atoms with van der Waals surface area (Å²) in [7, 11) is 0. The molecule has 0 aliphatic heterocycles. The summed E-state index contributed by atoms with van der Waals surface area (Å²) in [6.07, 6.45) is 3.37. The summed E-state index contributed by atoms with van der Waals surface area (Å²) in [5, 5.41) is 3.52. The Labute approximate surface area is 89.5 Å². The topological polar surface area (TPSA) is 38.9 Å². The molecule has 2 N–H and O–H groups in total. The van der Waals surface area contributed by atoms with Crippen LogP contribution in [0.2, 0.25) is 0 Å². The van der Waals surface area contributed by atoms with Gasteiger partial charge in [0.05, 0.1) is 10.7 Å². The molecule has 0 atom stereocenters. The highest BCUT2D eigenvalue weighted by atomic mass is 32.1. The summed E-state index contributed by atoms with van der Waals surface area (Å²) in [5.74, 6) is 1.37. The van der Waals surface area contributed by atoms with Gasteiger partial charge in [-0.3, -0.25) is 0 Å². The Morgan fingerprint density at radius 1 is 1.57 bits per heavy atom. The summed E-state index contributed by atoms with van der Waals surface area (Å²) in [5.41, 5.74) is 7.03. The Morgan fingerprint density at radius 3 is 2.86 bits per heavy atom. The minimum Gasteiger partial charge on any atom is -0.328 e. The van der Waals surface area contributed by atoms with Gasteiger partial charge >= 0.3 is 0 Å². The first-order chi connectivity index (χ1) is 6.65. The van der Waals surface area contributed by atoms with Crippen LogP contribution in [0.1, 0.15) is 43.3 Å². The number of nitrogens with zero attached hydrogens (tertiary/aromatic N) is 1. The largest absolute Gasteiger partial charge is 0.328 e. The van der Waals surface area contributed by atoms with Crippen molar-refractivity contribution in [3.05, 3.63) is 16.1 Å². The molecule has 1 aliphatic rings. The van der Waals surface area contributed by atoms with Gasteiger partial charge in [0, 0.05) is 17.3 Å². The summed E-state index contributed by atoms with van der Waals surface area (Å²) in [6, 6.07) is 0.428. The van der Waals surface area contributed by atoms with Crippen molar-refractivity contribution in [2.75, 3.05) is 0 Å². The fourth-order valence-electron chi connectivity index (χ4n) is 1.89. The molecule has 0 aromatic carbocycles. The zero-order chi connectivity index (χ0) is 10.1. The van der Waals surface area contributed by atoms with E-state index in [2.05, 4.69) is 24.2 Å². The number of aromatic nitrogens is 1. The molecule has 0 spiro atoms. The Morgan fingerprint density at radius 2 is 2.29 bits per heavy atom. The van der Waals surface area contributed by atoms with Crippen LogP contribution >= 0.6 is 11.3 Å². The predicted octanol–water partition coefficient (Wildman–Crippen LogP) is 2.55. The fourth-order valence-corrected chi connectivity index (χ4v) is 2.85. The quantitative estimate of drug-likeness (QED) is 0.832. The lowest BCUT2D eigenvalue weighted by atomic mass is 9.81. The van der Waals surface area contributed by atoms with E-state index < -0.39 is 0 Å². The van der Waals surface area contributed by atoms with Crippen LogP contribution in [0.4, 0.5) is 0 Å². The number of hydrogen-bond donors (Lipinski definition) is 1. The van der Waals surface area contributed by atoms with Crippen LogP contribution < -0.4 is 5.73 Å². The van der Waals surface area contributed by atoms with Gasteiger partial charge in [-0.05, 0) is 25.2 Å². The number of rotatable bonds is 3. The molecule has 0 bridgehead atoms. The van der Waals surface area contributed by atoms with E-state index in [1.54, 1.807) is 0 Å². The third-order valence-electron chi connectivity index (χ3n) is 2.71. The second-order valence-electron chi connectivity index (χ2n) is 4.70. The van der Waals surface area contributed by atoms with Gasteiger partial charge in [0.25, 0.3) is 0 Å². The lowest BCUT2D eigenvalue weighted by Crippen LogP contribution is -2.34. The van der Waals surface area contributed by atoms with Gasteiger partial charge in [-0.1, -0.05) is 13.8 Å². The van der Waals surface area contributed by atoms with Crippen molar-refractivity contribution < 1.29 is 0 Å². The van der Waals surface area contributed by atoms with Crippen molar-refractivity contribution in [3.63, 3.8) is 0 Å². The maximum Gasteiger partial charge on any atom is 0.0960 e. The number of nitrogens with two attached hydrogens (primary N) is 1. The molecule has 3 heteroatoms. The molecule has 1 aliphatic carbocycles. The van der Waals surface area contributed by atoms with E-state index >= 15 is 0 Å². The van der Waals surface area contributed by atoms with E-state index in [4.69, 9.17) is 5.73 Å². The molecule has 1 heterocycles. The molecule has 14 heavy (non-hydrogen) atoms. The lowest BCUT2D eigenvalue weighted by Gasteiger charge is -2.30. The van der Waals surface area contributed by atoms with E-state index in [-0.39, 0.29) is 0 Å². The minimum absolute atomic E-state index is 0.428. The molecule has 78 valence electrons. The average molecular weight is 210 g/mol. The third-order valence-corrected chi connectivity index (χ3v) is 3.77. The molecule has 1 aromatic heterocycles. The van der Waals surface area contributed by atoms with Gasteiger partial charge in [0.15, 0.2) is 0 Å². The van der Waals surface area contributed by atoms with Gasteiger partial charge in [-0.15, -0.1) is 11.3 Å². The van der Waals surface area contributed by atoms with Gasteiger partial charge in [0.2, 0.25) is 0 Å². The van der Waals surface area contributed by atoms with Crippen molar-refractivity contribution >= 4 is 11.3 Å². The molecule has 0 unspecified atom stereocenters. The van der Waals surface area contributed by atoms with Crippen LogP contribution in [0.25, 0.3) is 0 Å².